The normalized spacial score (nSPS) is 11.4. The largest absolute Gasteiger partial charge is 0.329 e. The number of benzene rings is 1. The molecule has 1 aromatic carbocycles. The van der Waals surface area contributed by atoms with Gasteiger partial charge in [-0.15, -0.1) is 6.58 Å². The number of hydrogen-bond donors (Lipinski definition) is 3. The number of urea groups is 1. The molecule has 0 radical (unpaired) electrons. The summed E-state index contributed by atoms with van der Waals surface area (Å²) in [5.41, 5.74) is -0.279. The maximum absolute atomic E-state index is 12.1. The molecule has 7 nitrogen and oxygen atoms in total. The summed E-state index contributed by atoms with van der Waals surface area (Å²) >= 11 is 0. The van der Waals surface area contributed by atoms with Gasteiger partial charge in [0.05, 0.1) is 10.4 Å². The zero-order valence-corrected chi connectivity index (χ0v) is 13.5. The van der Waals surface area contributed by atoms with Gasteiger partial charge in [-0.05, 0) is 38.1 Å². The van der Waals surface area contributed by atoms with Crippen molar-refractivity contribution in [1.29, 1.82) is 0 Å². The Hall–Kier alpha value is -2.35. The van der Waals surface area contributed by atoms with E-state index in [4.69, 9.17) is 0 Å². The van der Waals surface area contributed by atoms with E-state index in [1.54, 1.807) is 13.8 Å². The second kappa shape index (κ2) is 6.61. The molecule has 0 heterocycles. The molecule has 8 heteroatoms. The molecule has 0 bridgehead atoms. The Morgan fingerprint density at radius 1 is 1.18 bits per heavy atom. The smallest absolute Gasteiger partial charge is 0.329 e. The van der Waals surface area contributed by atoms with Gasteiger partial charge >= 0.3 is 6.03 Å². The van der Waals surface area contributed by atoms with Crippen LogP contribution in [0.1, 0.15) is 20.8 Å². The van der Waals surface area contributed by atoms with Crippen LogP contribution in [0, 0.1) is 0 Å². The number of sulfonamides is 1. The van der Waals surface area contributed by atoms with E-state index in [-0.39, 0.29) is 10.8 Å². The highest BCUT2D eigenvalue weighted by Crippen LogP contribution is 2.14. The zero-order chi connectivity index (χ0) is 17.0. The van der Waals surface area contributed by atoms with Gasteiger partial charge in [0.25, 0.3) is 10.0 Å². The summed E-state index contributed by atoms with van der Waals surface area (Å²) in [5, 5.41) is 4.98. The van der Waals surface area contributed by atoms with Crippen LogP contribution < -0.4 is 15.4 Å². The molecule has 0 fully saturated rings. The van der Waals surface area contributed by atoms with Crippen LogP contribution in [0.4, 0.5) is 10.5 Å². The fourth-order valence-corrected chi connectivity index (χ4v) is 2.38. The van der Waals surface area contributed by atoms with Crippen molar-refractivity contribution in [1.82, 2.24) is 10.0 Å². The van der Waals surface area contributed by atoms with Gasteiger partial charge in [0, 0.05) is 12.6 Å². The molecule has 0 unspecified atom stereocenters. The van der Waals surface area contributed by atoms with Gasteiger partial charge in [-0.25, -0.2) is 17.9 Å². The average Bonchev–Trinajstić information content (AvgIpc) is 2.37. The molecule has 0 aromatic heterocycles. The molecule has 0 aliphatic carbocycles. The molecule has 0 spiro atoms. The number of hydrogen-bond acceptors (Lipinski definition) is 4. The van der Waals surface area contributed by atoms with Crippen molar-refractivity contribution < 1.29 is 18.0 Å². The number of nitrogens with one attached hydrogen (secondary N) is 3. The van der Waals surface area contributed by atoms with Gasteiger partial charge in [0.2, 0.25) is 5.91 Å². The lowest BCUT2D eigenvalue weighted by Crippen LogP contribution is -2.48. The number of carbonyl (C=O) groups is 2. The first-order valence-corrected chi connectivity index (χ1v) is 7.90. The van der Waals surface area contributed by atoms with E-state index in [0.29, 0.717) is 5.69 Å². The highest BCUT2D eigenvalue weighted by molar-refractivity contribution is 7.90. The van der Waals surface area contributed by atoms with Crippen LogP contribution in [0.25, 0.3) is 0 Å². The Labute approximate surface area is 129 Å². The van der Waals surface area contributed by atoms with Crippen LogP contribution >= 0.6 is 0 Å². The summed E-state index contributed by atoms with van der Waals surface area (Å²) in [7, 11) is -3.99. The monoisotopic (exact) mass is 325 g/mol. The number of carbonyl (C=O) groups excluding carboxylic acids is 2. The summed E-state index contributed by atoms with van der Waals surface area (Å²) in [6, 6.07) is 4.60. The standard InChI is InChI=1S/C14H19N3O4S/c1-5-14(3,4)16-13(19)17-22(20,21)12-8-6-11(7-9-12)15-10(2)18/h5-9H,1H2,2-4H3,(H,15,18)(H2,16,17,19). The van der Waals surface area contributed by atoms with Crippen LogP contribution in [0.2, 0.25) is 0 Å². The minimum absolute atomic E-state index is 0.0897. The molecule has 3 amide bonds. The second-order valence-electron chi connectivity index (χ2n) is 5.19. The van der Waals surface area contributed by atoms with Crippen molar-refractivity contribution >= 4 is 27.6 Å². The lowest BCUT2D eigenvalue weighted by Gasteiger charge is -2.21. The maximum atomic E-state index is 12.1. The topological polar surface area (TPSA) is 104 Å². The van der Waals surface area contributed by atoms with Gasteiger partial charge in [-0.1, -0.05) is 6.08 Å². The lowest BCUT2D eigenvalue weighted by molar-refractivity contribution is -0.114. The van der Waals surface area contributed by atoms with E-state index in [1.807, 2.05) is 4.72 Å². The molecule has 0 saturated heterocycles. The molecule has 120 valence electrons. The van der Waals surface area contributed by atoms with E-state index in [9.17, 15) is 18.0 Å². The molecule has 22 heavy (non-hydrogen) atoms. The molecular formula is C14H19N3O4S. The van der Waals surface area contributed by atoms with E-state index < -0.39 is 21.6 Å². The van der Waals surface area contributed by atoms with Crippen LogP contribution in [0.3, 0.4) is 0 Å². The van der Waals surface area contributed by atoms with Crippen molar-refractivity contribution in [3.8, 4) is 0 Å². The average molecular weight is 325 g/mol. The second-order valence-corrected chi connectivity index (χ2v) is 6.87. The van der Waals surface area contributed by atoms with E-state index in [2.05, 4.69) is 17.2 Å². The fourth-order valence-electron chi connectivity index (χ4n) is 1.47. The molecule has 0 saturated carbocycles. The van der Waals surface area contributed by atoms with Crippen molar-refractivity contribution in [3.05, 3.63) is 36.9 Å². The molecule has 0 aliphatic heterocycles. The lowest BCUT2D eigenvalue weighted by atomic mass is 10.1. The van der Waals surface area contributed by atoms with Crippen LogP contribution in [-0.4, -0.2) is 25.9 Å². The molecule has 0 atom stereocenters. The van der Waals surface area contributed by atoms with Crippen molar-refractivity contribution in [2.75, 3.05) is 5.32 Å². The molecule has 1 aromatic rings. The third-order valence-electron chi connectivity index (χ3n) is 2.66. The minimum atomic E-state index is -3.99. The van der Waals surface area contributed by atoms with Gasteiger partial charge in [-0.3, -0.25) is 4.79 Å². The maximum Gasteiger partial charge on any atom is 0.329 e. The first kappa shape index (κ1) is 17.7. The van der Waals surface area contributed by atoms with Gasteiger partial charge in [0.15, 0.2) is 0 Å². The third kappa shape index (κ3) is 5.21. The van der Waals surface area contributed by atoms with E-state index in [1.165, 1.54) is 37.3 Å². The quantitative estimate of drug-likeness (QED) is 0.715. The molecule has 0 aliphatic rings. The summed E-state index contributed by atoms with van der Waals surface area (Å²) in [6.45, 7) is 8.24. The Bertz CT molecular complexity index is 679. The van der Waals surface area contributed by atoms with Crippen LogP contribution in [0.15, 0.2) is 41.8 Å². The van der Waals surface area contributed by atoms with Gasteiger partial charge in [-0.2, -0.15) is 0 Å². The molecular weight excluding hydrogens is 306 g/mol. The predicted octanol–water partition coefficient (Wildman–Crippen LogP) is 1.60. The summed E-state index contributed by atoms with van der Waals surface area (Å²) in [4.78, 5) is 22.5. The van der Waals surface area contributed by atoms with E-state index in [0.717, 1.165) is 0 Å². The molecule has 3 N–H and O–H groups in total. The predicted molar refractivity (Wildman–Crippen MR) is 83.9 cm³/mol. The van der Waals surface area contributed by atoms with Gasteiger partial charge < -0.3 is 10.6 Å². The first-order valence-electron chi connectivity index (χ1n) is 6.42. The van der Waals surface area contributed by atoms with Crippen molar-refractivity contribution in [3.63, 3.8) is 0 Å². The zero-order valence-electron chi connectivity index (χ0n) is 12.6. The van der Waals surface area contributed by atoms with Crippen molar-refractivity contribution in [2.24, 2.45) is 0 Å². The Kier molecular flexibility index (Phi) is 5.32. The molecule has 1 rings (SSSR count). The minimum Gasteiger partial charge on any atom is -0.329 e. The number of rotatable bonds is 5. The highest BCUT2D eigenvalue weighted by Gasteiger charge is 2.21. The van der Waals surface area contributed by atoms with E-state index >= 15 is 0 Å². The summed E-state index contributed by atoms with van der Waals surface area (Å²) in [6.07, 6.45) is 1.49. The SMILES string of the molecule is C=CC(C)(C)NC(=O)NS(=O)(=O)c1ccc(NC(C)=O)cc1. The number of amides is 3. The van der Waals surface area contributed by atoms with Crippen LogP contribution in [0.5, 0.6) is 0 Å². The first-order chi connectivity index (χ1) is 10.1. The van der Waals surface area contributed by atoms with Gasteiger partial charge in [0.1, 0.15) is 0 Å². The van der Waals surface area contributed by atoms with Crippen LogP contribution in [-0.2, 0) is 14.8 Å². The highest BCUT2D eigenvalue weighted by atomic mass is 32.2. The number of anilines is 1. The third-order valence-corrected chi connectivity index (χ3v) is 4.00. The Balaban J connectivity index is 2.84. The fraction of sp³-hybridized carbons (Fsp3) is 0.286. The van der Waals surface area contributed by atoms with Crippen molar-refractivity contribution in [2.45, 2.75) is 31.2 Å². The Morgan fingerprint density at radius 3 is 2.18 bits per heavy atom. The summed E-state index contributed by atoms with van der Waals surface area (Å²) in [5.74, 6) is -0.264. The Morgan fingerprint density at radius 2 is 1.73 bits per heavy atom. The summed E-state index contributed by atoms with van der Waals surface area (Å²) < 4.78 is 26.0.